The Morgan fingerprint density at radius 2 is 1.84 bits per heavy atom. The highest BCUT2D eigenvalue weighted by molar-refractivity contribution is 5.86. The van der Waals surface area contributed by atoms with Crippen LogP contribution in [0, 0.1) is 0 Å². The van der Waals surface area contributed by atoms with E-state index in [4.69, 9.17) is 0 Å². The van der Waals surface area contributed by atoms with Gasteiger partial charge in [0.1, 0.15) is 0 Å². The Morgan fingerprint density at radius 3 is 2.52 bits per heavy atom. The third kappa shape index (κ3) is 3.26. The molecule has 0 saturated heterocycles. The smallest absolute Gasteiger partial charge is 0.313 e. The number of benzene rings is 2. The third-order valence-electron chi connectivity index (χ3n) is 4.64. The summed E-state index contributed by atoms with van der Waals surface area (Å²) in [5, 5.41) is 21.2. The van der Waals surface area contributed by atoms with Gasteiger partial charge in [0, 0.05) is 17.1 Å². The Labute approximate surface area is 146 Å². The molecule has 1 heterocycles. The van der Waals surface area contributed by atoms with Gasteiger partial charge in [-0.1, -0.05) is 30.3 Å². The minimum atomic E-state index is -0.966. The minimum Gasteiger partial charge on any atom is -0.481 e. The molecule has 25 heavy (non-hydrogen) atoms. The van der Waals surface area contributed by atoms with Crippen molar-refractivity contribution in [3.63, 3.8) is 0 Å². The number of pyridine rings is 1. The summed E-state index contributed by atoms with van der Waals surface area (Å²) < 4.78 is 0. The van der Waals surface area contributed by atoms with E-state index in [0.29, 0.717) is 0 Å². The summed E-state index contributed by atoms with van der Waals surface area (Å²) in [7, 11) is 0. The highest BCUT2D eigenvalue weighted by atomic mass is 16.4. The van der Waals surface area contributed by atoms with Crippen molar-refractivity contribution in [1.29, 1.82) is 0 Å². The second-order valence-electron chi connectivity index (χ2n) is 6.86. The van der Waals surface area contributed by atoms with Gasteiger partial charge in [0.15, 0.2) is 0 Å². The Balaban J connectivity index is 2.09. The van der Waals surface area contributed by atoms with Crippen LogP contribution in [0.3, 0.4) is 0 Å². The van der Waals surface area contributed by atoms with Gasteiger partial charge >= 0.3 is 5.97 Å². The summed E-state index contributed by atoms with van der Waals surface area (Å²) in [6.45, 7) is 5.12. The van der Waals surface area contributed by atoms with Crippen LogP contribution in [0.2, 0.25) is 0 Å². The number of aliphatic hydroxyl groups is 1. The highest BCUT2D eigenvalue weighted by Crippen LogP contribution is 2.29. The minimum absolute atomic E-state index is 0.527. The molecule has 0 amide bonds. The fourth-order valence-electron chi connectivity index (χ4n) is 2.77. The molecule has 0 aliphatic rings. The van der Waals surface area contributed by atoms with Crippen molar-refractivity contribution in [3.05, 3.63) is 65.9 Å². The molecule has 1 atom stereocenters. The Bertz CT molecular complexity index is 945. The Kier molecular flexibility index (Phi) is 4.31. The van der Waals surface area contributed by atoms with Gasteiger partial charge in [0.05, 0.1) is 17.2 Å². The van der Waals surface area contributed by atoms with E-state index in [0.717, 1.165) is 33.2 Å². The molecule has 128 valence electrons. The number of fused-ring (bicyclic) bond motifs is 1. The molecular formula is C21H21NO3. The summed E-state index contributed by atoms with van der Waals surface area (Å²) in [6.07, 6.45) is 1.27. The van der Waals surface area contributed by atoms with Crippen molar-refractivity contribution in [2.75, 3.05) is 0 Å². The molecule has 3 aromatic rings. The van der Waals surface area contributed by atoms with Gasteiger partial charge in [0.25, 0.3) is 0 Å². The monoisotopic (exact) mass is 335 g/mol. The molecule has 0 saturated carbocycles. The van der Waals surface area contributed by atoms with Crippen LogP contribution in [-0.2, 0) is 10.2 Å². The summed E-state index contributed by atoms with van der Waals surface area (Å²) in [5.41, 5.74) is 2.27. The predicted octanol–water partition coefficient (Wildman–Crippen LogP) is 4.32. The Morgan fingerprint density at radius 1 is 1.08 bits per heavy atom. The first-order chi connectivity index (χ1) is 11.8. The maximum absolute atomic E-state index is 11.5. The van der Waals surface area contributed by atoms with Gasteiger partial charge in [-0.15, -0.1) is 0 Å². The maximum atomic E-state index is 11.5. The van der Waals surface area contributed by atoms with Crippen LogP contribution in [0.5, 0.6) is 0 Å². The molecule has 0 bridgehead atoms. The fraction of sp³-hybridized carbons (Fsp3) is 0.238. The quantitative estimate of drug-likeness (QED) is 0.745. The van der Waals surface area contributed by atoms with Gasteiger partial charge in [0.2, 0.25) is 0 Å². The van der Waals surface area contributed by atoms with Crippen molar-refractivity contribution in [1.82, 2.24) is 4.98 Å². The zero-order valence-electron chi connectivity index (χ0n) is 14.5. The van der Waals surface area contributed by atoms with E-state index in [2.05, 4.69) is 4.98 Å². The summed E-state index contributed by atoms with van der Waals surface area (Å²) in [4.78, 5) is 16.0. The molecule has 0 spiro atoms. The van der Waals surface area contributed by atoms with E-state index in [1.807, 2.05) is 48.5 Å². The Hall–Kier alpha value is -2.72. The number of aliphatic hydroxyl groups excluding tert-OH is 1. The number of carboxylic acids is 1. The normalized spacial score (nSPS) is 13.0. The molecule has 4 heteroatoms. The molecule has 3 rings (SSSR count). The van der Waals surface area contributed by atoms with Gasteiger partial charge in [-0.3, -0.25) is 9.78 Å². The topological polar surface area (TPSA) is 70.4 Å². The van der Waals surface area contributed by atoms with Crippen LogP contribution in [0.4, 0.5) is 0 Å². The lowest BCUT2D eigenvalue weighted by atomic mass is 9.84. The van der Waals surface area contributed by atoms with E-state index in [1.54, 1.807) is 27.0 Å². The predicted molar refractivity (Wildman–Crippen MR) is 98.5 cm³/mol. The molecule has 2 N–H and O–H groups in total. The van der Waals surface area contributed by atoms with Gasteiger partial charge < -0.3 is 10.2 Å². The zero-order valence-corrected chi connectivity index (χ0v) is 14.5. The van der Waals surface area contributed by atoms with Crippen LogP contribution >= 0.6 is 0 Å². The molecule has 0 radical (unpaired) electrons. The maximum Gasteiger partial charge on any atom is 0.313 e. The molecule has 0 aliphatic heterocycles. The first-order valence-electron chi connectivity index (χ1n) is 8.21. The van der Waals surface area contributed by atoms with Crippen molar-refractivity contribution in [2.24, 2.45) is 0 Å². The van der Waals surface area contributed by atoms with Crippen LogP contribution in [0.25, 0.3) is 22.0 Å². The molecule has 0 fully saturated rings. The van der Waals surface area contributed by atoms with Gasteiger partial charge in [-0.25, -0.2) is 0 Å². The van der Waals surface area contributed by atoms with Crippen LogP contribution in [0.1, 0.15) is 38.0 Å². The zero-order chi connectivity index (χ0) is 18.2. The number of nitrogens with zero attached hydrogens (tertiary/aromatic N) is 1. The lowest BCUT2D eigenvalue weighted by Gasteiger charge is -2.20. The molecule has 4 nitrogen and oxygen atoms in total. The van der Waals surface area contributed by atoms with E-state index < -0.39 is 17.5 Å². The lowest BCUT2D eigenvalue weighted by molar-refractivity contribution is -0.142. The summed E-state index contributed by atoms with van der Waals surface area (Å²) in [5.74, 6) is -0.863. The second-order valence-corrected chi connectivity index (χ2v) is 6.86. The second kappa shape index (κ2) is 6.30. The van der Waals surface area contributed by atoms with Crippen LogP contribution in [-0.4, -0.2) is 21.2 Å². The number of rotatable bonds is 4. The lowest BCUT2D eigenvalue weighted by Crippen LogP contribution is -2.28. The average Bonchev–Trinajstić information content (AvgIpc) is 2.60. The average molecular weight is 335 g/mol. The third-order valence-corrected chi connectivity index (χ3v) is 4.64. The number of aliphatic carboxylic acids is 1. The number of carbonyl (C=O) groups is 1. The SMILES string of the molecule is CC(O)c1ccc2cnc(-c3cccc(C(C)(C)C(=O)O)c3)cc2c1. The van der Waals surface area contributed by atoms with E-state index in [-0.39, 0.29) is 0 Å². The number of aromatic nitrogens is 1. The van der Waals surface area contributed by atoms with E-state index in [1.165, 1.54) is 0 Å². The molecular weight excluding hydrogens is 314 g/mol. The molecule has 2 aromatic carbocycles. The fourth-order valence-corrected chi connectivity index (χ4v) is 2.77. The van der Waals surface area contributed by atoms with Crippen molar-refractivity contribution < 1.29 is 15.0 Å². The first-order valence-corrected chi connectivity index (χ1v) is 8.21. The number of carboxylic acid groups (broad SMARTS) is 1. The van der Waals surface area contributed by atoms with Crippen molar-refractivity contribution in [3.8, 4) is 11.3 Å². The summed E-state index contributed by atoms with van der Waals surface area (Å²) in [6, 6.07) is 15.2. The summed E-state index contributed by atoms with van der Waals surface area (Å²) >= 11 is 0. The van der Waals surface area contributed by atoms with E-state index in [9.17, 15) is 15.0 Å². The van der Waals surface area contributed by atoms with Gasteiger partial charge in [-0.2, -0.15) is 0 Å². The van der Waals surface area contributed by atoms with Crippen molar-refractivity contribution in [2.45, 2.75) is 32.3 Å². The number of hydrogen-bond acceptors (Lipinski definition) is 3. The van der Waals surface area contributed by atoms with Crippen molar-refractivity contribution >= 4 is 16.7 Å². The molecule has 1 aromatic heterocycles. The largest absolute Gasteiger partial charge is 0.481 e. The van der Waals surface area contributed by atoms with E-state index >= 15 is 0 Å². The van der Waals surface area contributed by atoms with Gasteiger partial charge in [-0.05, 0) is 55.5 Å². The number of hydrogen-bond donors (Lipinski definition) is 2. The highest BCUT2D eigenvalue weighted by Gasteiger charge is 2.29. The molecule has 0 aliphatic carbocycles. The standard InChI is InChI=1S/C21H21NO3/c1-13(23)14-7-8-16-12-22-19(11-17(16)9-14)15-5-4-6-18(10-15)21(2,3)20(24)25/h4-13,23H,1-3H3,(H,24,25). The molecule has 1 unspecified atom stereocenters. The van der Waals surface area contributed by atoms with Crippen LogP contribution in [0.15, 0.2) is 54.7 Å². The van der Waals surface area contributed by atoms with Crippen LogP contribution < -0.4 is 0 Å². The first kappa shape index (κ1) is 17.1.